The molecule has 0 aliphatic rings. The second-order valence-electron chi connectivity index (χ2n) is 4.18. The van der Waals surface area contributed by atoms with E-state index in [0.29, 0.717) is 5.82 Å². The molecule has 3 rings (SSSR count). The number of aryl methyl sites for hydroxylation is 1. The fraction of sp³-hybridized carbons (Fsp3) is 0.200. The molecule has 0 bridgehead atoms. The summed E-state index contributed by atoms with van der Waals surface area (Å²) in [5, 5.41) is 4.02. The van der Waals surface area contributed by atoms with Crippen LogP contribution in [0.3, 0.4) is 0 Å². The van der Waals surface area contributed by atoms with Gasteiger partial charge in [-0.05, 0) is 0 Å². The fourth-order valence-corrected chi connectivity index (χ4v) is 1.86. The van der Waals surface area contributed by atoms with E-state index in [0.717, 1.165) is 5.56 Å². The number of hydrogen-bond acceptors (Lipinski definition) is 5. The third kappa shape index (κ3) is 1.85. The zero-order chi connectivity index (χ0) is 13.6. The molecule has 3 aromatic rings. The Morgan fingerprint density at radius 2 is 2.11 bits per heavy atom. The van der Waals surface area contributed by atoms with Crippen LogP contribution in [0.25, 0.3) is 11.2 Å². The summed E-state index contributed by atoms with van der Waals surface area (Å²) in [6.07, 6.45) is 3.37. The van der Waals surface area contributed by atoms with Crippen molar-refractivity contribution >= 4 is 11.2 Å². The number of aromatic amines is 3. The van der Waals surface area contributed by atoms with Crippen LogP contribution in [0, 0.1) is 0 Å². The van der Waals surface area contributed by atoms with E-state index in [9.17, 15) is 9.59 Å². The topological polar surface area (TPSA) is 138 Å². The van der Waals surface area contributed by atoms with Gasteiger partial charge in [0.1, 0.15) is 11.3 Å². The molecule has 9 heteroatoms. The Labute approximate surface area is 105 Å². The second kappa shape index (κ2) is 3.92. The number of fused-ring (bicyclic) bond motifs is 1. The Morgan fingerprint density at radius 1 is 1.32 bits per heavy atom. The Bertz CT molecular complexity index is 853. The maximum atomic E-state index is 11.6. The van der Waals surface area contributed by atoms with Crippen LogP contribution in [0.1, 0.15) is 17.4 Å². The van der Waals surface area contributed by atoms with Gasteiger partial charge in [-0.15, -0.1) is 0 Å². The van der Waals surface area contributed by atoms with Crippen LogP contribution in [0.15, 0.2) is 22.0 Å². The van der Waals surface area contributed by atoms with Gasteiger partial charge < -0.3 is 10.7 Å². The van der Waals surface area contributed by atoms with Crippen LogP contribution in [-0.4, -0.2) is 29.7 Å². The highest BCUT2D eigenvalue weighted by atomic mass is 16.2. The standard InChI is InChI=1S/C10H11N7O2/c1-17-3-4(2-12-17)5(11)7-13-6-8(14-7)15-10(19)16-9(6)18/h2-3,5H,11H2,1H3,(H3,13,14,15,16,18,19). The number of H-pyrrole nitrogens is 3. The molecule has 0 aromatic carbocycles. The van der Waals surface area contributed by atoms with Gasteiger partial charge in [0.15, 0.2) is 5.65 Å². The third-order valence-electron chi connectivity index (χ3n) is 2.79. The summed E-state index contributed by atoms with van der Waals surface area (Å²) in [6.45, 7) is 0. The number of imidazole rings is 1. The van der Waals surface area contributed by atoms with Gasteiger partial charge >= 0.3 is 5.69 Å². The van der Waals surface area contributed by atoms with E-state index in [2.05, 4.69) is 25.0 Å². The summed E-state index contributed by atoms with van der Waals surface area (Å²) in [5.41, 5.74) is 6.02. The van der Waals surface area contributed by atoms with Crippen LogP contribution < -0.4 is 17.0 Å². The molecular weight excluding hydrogens is 250 g/mol. The highest BCUT2D eigenvalue weighted by Crippen LogP contribution is 2.16. The van der Waals surface area contributed by atoms with Crippen molar-refractivity contribution < 1.29 is 0 Å². The average molecular weight is 261 g/mol. The molecule has 0 spiro atoms. The number of nitrogens with one attached hydrogen (secondary N) is 3. The van der Waals surface area contributed by atoms with Gasteiger partial charge in [-0.1, -0.05) is 0 Å². The summed E-state index contributed by atoms with van der Waals surface area (Å²) >= 11 is 0. The molecule has 3 heterocycles. The Morgan fingerprint density at radius 3 is 2.79 bits per heavy atom. The van der Waals surface area contributed by atoms with Crippen LogP contribution >= 0.6 is 0 Å². The van der Waals surface area contributed by atoms with Crippen molar-refractivity contribution in [2.24, 2.45) is 12.8 Å². The first kappa shape index (κ1) is 11.4. The van der Waals surface area contributed by atoms with Crippen molar-refractivity contribution in [3.05, 3.63) is 44.6 Å². The summed E-state index contributed by atoms with van der Waals surface area (Å²) in [5.74, 6) is 0.385. The van der Waals surface area contributed by atoms with Gasteiger partial charge in [0.05, 0.1) is 12.2 Å². The molecule has 19 heavy (non-hydrogen) atoms. The molecule has 0 aliphatic heterocycles. The maximum absolute atomic E-state index is 11.6. The van der Waals surface area contributed by atoms with E-state index in [1.807, 2.05) is 0 Å². The lowest BCUT2D eigenvalue weighted by molar-refractivity contribution is 0.761. The molecule has 98 valence electrons. The monoisotopic (exact) mass is 261 g/mol. The summed E-state index contributed by atoms with van der Waals surface area (Å²) in [4.78, 5) is 34.2. The van der Waals surface area contributed by atoms with E-state index in [1.165, 1.54) is 0 Å². The van der Waals surface area contributed by atoms with E-state index in [-0.39, 0.29) is 11.2 Å². The molecule has 9 nitrogen and oxygen atoms in total. The second-order valence-corrected chi connectivity index (χ2v) is 4.18. The van der Waals surface area contributed by atoms with Crippen LogP contribution in [0.2, 0.25) is 0 Å². The molecule has 0 saturated heterocycles. The van der Waals surface area contributed by atoms with Crippen molar-refractivity contribution in [2.45, 2.75) is 6.04 Å². The number of rotatable bonds is 2. The first-order valence-corrected chi connectivity index (χ1v) is 5.51. The summed E-state index contributed by atoms with van der Waals surface area (Å²) in [7, 11) is 1.77. The van der Waals surface area contributed by atoms with Gasteiger partial charge in [0.25, 0.3) is 5.56 Å². The minimum atomic E-state index is -0.606. The predicted molar refractivity (Wildman–Crippen MR) is 66.6 cm³/mol. The summed E-state index contributed by atoms with van der Waals surface area (Å²) in [6, 6.07) is -0.552. The molecule has 3 aromatic heterocycles. The Balaban J connectivity index is 2.13. The predicted octanol–water partition coefficient (Wildman–Crippen LogP) is -1.28. The SMILES string of the molecule is Cn1cc(C(N)c2nc3[nH]c(=O)[nH]c(=O)c3[nH]2)cn1. The quantitative estimate of drug-likeness (QED) is 0.455. The third-order valence-corrected chi connectivity index (χ3v) is 2.79. The first-order valence-electron chi connectivity index (χ1n) is 5.51. The minimum Gasteiger partial charge on any atom is -0.334 e. The molecule has 5 N–H and O–H groups in total. The fourth-order valence-electron chi connectivity index (χ4n) is 1.86. The normalized spacial score (nSPS) is 12.9. The van der Waals surface area contributed by atoms with Crippen LogP contribution in [0.5, 0.6) is 0 Å². The molecule has 0 saturated carbocycles. The van der Waals surface area contributed by atoms with Crippen LogP contribution in [0.4, 0.5) is 0 Å². The van der Waals surface area contributed by atoms with Gasteiger partial charge in [-0.3, -0.25) is 19.4 Å². The average Bonchev–Trinajstić information content (AvgIpc) is 2.94. The summed E-state index contributed by atoms with van der Waals surface area (Å²) < 4.78 is 1.62. The van der Waals surface area contributed by atoms with Gasteiger partial charge in [-0.2, -0.15) is 5.10 Å². The molecule has 0 amide bonds. The first-order chi connectivity index (χ1) is 9.04. The molecule has 1 unspecified atom stereocenters. The maximum Gasteiger partial charge on any atom is 0.327 e. The molecule has 0 radical (unpaired) electrons. The molecular formula is C10H11N7O2. The van der Waals surface area contributed by atoms with Crippen molar-refractivity contribution in [1.82, 2.24) is 29.7 Å². The van der Waals surface area contributed by atoms with Gasteiger partial charge in [-0.25, -0.2) is 9.78 Å². The molecule has 0 fully saturated rings. The highest BCUT2D eigenvalue weighted by Gasteiger charge is 2.16. The van der Waals surface area contributed by atoms with E-state index in [1.54, 1.807) is 24.1 Å². The van der Waals surface area contributed by atoms with E-state index in [4.69, 9.17) is 5.73 Å². The molecule has 1 atom stereocenters. The van der Waals surface area contributed by atoms with Crippen molar-refractivity contribution in [3.63, 3.8) is 0 Å². The minimum absolute atomic E-state index is 0.183. The zero-order valence-electron chi connectivity index (χ0n) is 9.97. The number of nitrogens with zero attached hydrogens (tertiary/aromatic N) is 3. The van der Waals surface area contributed by atoms with Crippen molar-refractivity contribution in [2.75, 3.05) is 0 Å². The Kier molecular flexibility index (Phi) is 2.35. The van der Waals surface area contributed by atoms with E-state index >= 15 is 0 Å². The number of nitrogens with two attached hydrogens (primary N) is 1. The zero-order valence-corrected chi connectivity index (χ0v) is 9.97. The van der Waals surface area contributed by atoms with Gasteiger partial charge in [0.2, 0.25) is 0 Å². The lowest BCUT2D eigenvalue weighted by atomic mass is 10.2. The van der Waals surface area contributed by atoms with Crippen molar-refractivity contribution in [1.29, 1.82) is 0 Å². The smallest absolute Gasteiger partial charge is 0.327 e. The van der Waals surface area contributed by atoms with Gasteiger partial charge in [0, 0.05) is 18.8 Å². The van der Waals surface area contributed by atoms with Crippen LogP contribution in [-0.2, 0) is 7.05 Å². The largest absolute Gasteiger partial charge is 0.334 e. The lowest BCUT2D eigenvalue weighted by Crippen LogP contribution is -2.21. The Hall–Kier alpha value is -2.68. The van der Waals surface area contributed by atoms with Crippen molar-refractivity contribution in [3.8, 4) is 0 Å². The number of hydrogen-bond donors (Lipinski definition) is 4. The highest BCUT2D eigenvalue weighted by molar-refractivity contribution is 5.68. The lowest BCUT2D eigenvalue weighted by Gasteiger charge is -2.04. The number of aromatic nitrogens is 6. The molecule has 0 aliphatic carbocycles. The van der Waals surface area contributed by atoms with E-state index < -0.39 is 17.3 Å².